The quantitative estimate of drug-likeness (QED) is 0.492. The topological polar surface area (TPSA) is 89.9 Å². The molecule has 0 saturated carbocycles. The molecule has 0 saturated heterocycles. The molecule has 3 unspecified atom stereocenters. The molecule has 0 spiro atoms. The van der Waals surface area contributed by atoms with Gasteiger partial charge in [0.25, 0.3) is 0 Å². The summed E-state index contributed by atoms with van der Waals surface area (Å²) in [4.78, 5) is 20.6. The zero-order chi connectivity index (χ0) is 18.4. The smallest absolute Gasteiger partial charge is 0.205 e. The molecule has 6 nitrogen and oxygen atoms in total. The molecule has 0 radical (unpaired) electrons. The van der Waals surface area contributed by atoms with E-state index in [2.05, 4.69) is 11.4 Å². The molecule has 0 aliphatic rings. The first-order valence-corrected chi connectivity index (χ1v) is 11.1. The summed E-state index contributed by atoms with van der Waals surface area (Å²) in [6.45, 7) is 5.54. The summed E-state index contributed by atoms with van der Waals surface area (Å²) in [5.41, 5.74) is 0. The first-order chi connectivity index (χ1) is 11.3. The van der Waals surface area contributed by atoms with Crippen LogP contribution in [-0.2, 0) is 18.4 Å². The molecule has 138 valence electrons. The van der Waals surface area contributed by atoms with Crippen LogP contribution in [0, 0.1) is 0 Å². The highest BCUT2D eigenvalue weighted by Gasteiger charge is 2.22. The van der Waals surface area contributed by atoms with Crippen LogP contribution in [0.3, 0.4) is 0 Å². The summed E-state index contributed by atoms with van der Waals surface area (Å²) in [5.74, 6) is 0.212. The predicted molar refractivity (Wildman–Crippen MR) is 98.0 cm³/mol. The summed E-state index contributed by atoms with van der Waals surface area (Å²) in [6.07, 6.45) is 2.37. The van der Waals surface area contributed by atoms with Crippen molar-refractivity contribution in [1.82, 2.24) is 0 Å². The van der Waals surface area contributed by atoms with Crippen LogP contribution in [0.25, 0.3) is 0 Å². The molecule has 3 atom stereocenters. The van der Waals surface area contributed by atoms with Gasteiger partial charge in [0.15, 0.2) is 20.6 Å². The second-order valence-electron chi connectivity index (χ2n) is 5.42. The first kappa shape index (κ1) is 23.1. The van der Waals surface area contributed by atoms with Gasteiger partial charge in [0, 0.05) is 6.66 Å². The van der Waals surface area contributed by atoms with Gasteiger partial charge >= 0.3 is 0 Å². The Morgan fingerprint density at radius 1 is 1.29 bits per heavy atom. The van der Waals surface area contributed by atoms with Crippen molar-refractivity contribution in [1.29, 1.82) is 0 Å². The third-order valence-electron chi connectivity index (χ3n) is 2.89. The SMILES string of the molecule is CC(Oc1ccccc1)C(=O)CP(C)(=O)O.CCCCCO[PH2]=O. The van der Waals surface area contributed by atoms with Gasteiger partial charge in [-0.3, -0.25) is 13.9 Å². The largest absolute Gasteiger partial charge is 0.483 e. The molecule has 0 aliphatic heterocycles. The van der Waals surface area contributed by atoms with E-state index in [1.807, 2.05) is 6.07 Å². The summed E-state index contributed by atoms with van der Waals surface area (Å²) >= 11 is 0. The number of unbranched alkanes of at least 4 members (excludes halogenated alkanes) is 2. The van der Waals surface area contributed by atoms with Crippen molar-refractivity contribution in [3.8, 4) is 5.75 Å². The number of hydrogen-bond acceptors (Lipinski definition) is 5. The van der Waals surface area contributed by atoms with Crippen LogP contribution >= 0.6 is 16.1 Å². The second kappa shape index (κ2) is 13.4. The minimum Gasteiger partial charge on any atom is -0.483 e. The monoisotopic (exact) mass is 378 g/mol. The van der Waals surface area contributed by atoms with Crippen molar-refractivity contribution < 1.29 is 28.1 Å². The number of ketones is 1. The number of carbonyl (C=O) groups excluding carboxylic acids is 1. The number of ether oxygens (including phenoxy) is 1. The summed E-state index contributed by atoms with van der Waals surface area (Å²) in [6, 6.07) is 8.89. The highest BCUT2D eigenvalue weighted by molar-refractivity contribution is 7.58. The molecule has 24 heavy (non-hydrogen) atoms. The number of para-hydroxylation sites is 1. The van der Waals surface area contributed by atoms with E-state index < -0.39 is 22.2 Å². The van der Waals surface area contributed by atoms with Crippen LogP contribution in [0.1, 0.15) is 33.1 Å². The van der Waals surface area contributed by atoms with Crippen LogP contribution < -0.4 is 4.74 Å². The van der Waals surface area contributed by atoms with Gasteiger partial charge in [-0.05, 0) is 25.5 Å². The molecule has 1 aromatic carbocycles. The third kappa shape index (κ3) is 13.5. The molecule has 1 N–H and O–H groups in total. The molecule has 0 amide bonds. The number of rotatable bonds is 10. The van der Waals surface area contributed by atoms with Gasteiger partial charge < -0.3 is 14.2 Å². The van der Waals surface area contributed by atoms with Crippen LogP contribution in [0.4, 0.5) is 0 Å². The van der Waals surface area contributed by atoms with E-state index in [1.54, 1.807) is 31.2 Å². The Labute approximate surface area is 145 Å². The minimum absolute atomic E-state index is 0.346. The van der Waals surface area contributed by atoms with Crippen LogP contribution in [-0.4, -0.2) is 36.2 Å². The highest BCUT2D eigenvalue weighted by atomic mass is 31.2. The molecule has 0 aromatic heterocycles. The van der Waals surface area contributed by atoms with Crippen molar-refractivity contribution >= 4 is 21.8 Å². The van der Waals surface area contributed by atoms with E-state index >= 15 is 0 Å². The van der Waals surface area contributed by atoms with Gasteiger partial charge in [0.1, 0.15) is 5.75 Å². The van der Waals surface area contributed by atoms with Crippen molar-refractivity contribution in [2.75, 3.05) is 19.4 Å². The normalized spacial score (nSPS) is 14.5. The van der Waals surface area contributed by atoms with Crippen molar-refractivity contribution in [2.24, 2.45) is 0 Å². The molecule has 1 aromatic rings. The van der Waals surface area contributed by atoms with Crippen LogP contribution in [0.5, 0.6) is 5.75 Å². The Balaban J connectivity index is 0.000000561. The summed E-state index contributed by atoms with van der Waals surface area (Å²) in [5, 5.41) is 0. The fourth-order valence-electron chi connectivity index (χ4n) is 1.67. The predicted octanol–water partition coefficient (Wildman–Crippen LogP) is 3.79. The maximum Gasteiger partial charge on any atom is 0.205 e. The zero-order valence-corrected chi connectivity index (χ0v) is 16.6. The van der Waals surface area contributed by atoms with Crippen molar-refractivity contribution in [3.63, 3.8) is 0 Å². The Bertz CT molecular complexity index is 515. The van der Waals surface area contributed by atoms with Crippen molar-refractivity contribution in [2.45, 2.75) is 39.2 Å². The fraction of sp³-hybridized carbons (Fsp3) is 0.562. The van der Waals surface area contributed by atoms with Gasteiger partial charge in [-0.2, -0.15) is 0 Å². The van der Waals surface area contributed by atoms with Gasteiger partial charge in [-0.1, -0.05) is 38.0 Å². The molecule has 0 heterocycles. The van der Waals surface area contributed by atoms with Gasteiger partial charge in [0.05, 0.1) is 12.8 Å². The molecule has 0 aliphatic carbocycles. The highest BCUT2D eigenvalue weighted by Crippen LogP contribution is 2.35. The number of carbonyl (C=O) groups is 1. The zero-order valence-electron chi connectivity index (χ0n) is 14.5. The lowest BCUT2D eigenvalue weighted by Crippen LogP contribution is -2.26. The van der Waals surface area contributed by atoms with E-state index in [1.165, 1.54) is 19.5 Å². The Hall–Kier alpha value is -0.930. The van der Waals surface area contributed by atoms with Crippen LogP contribution in [0.2, 0.25) is 0 Å². The average molecular weight is 378 g/mol. The molecule has 8 heteroatoms. The second-order valence-corrected chi connectivity index (χ2v) is 8.37. The first-order valence-electron chi connectivity index (χ1n) is 7.89. The summed E-state index contributed by atoms with van der Waals surface area (Å²) in [7, 11) is -4.28. The third-order valence-corrected chi connectivity index (χ3v) is 4.16. The minimum atomic E-state index is -3.31. The lowest BCUT2D eigenvalue weighted by Gasteiger charge is -2.14. The molecule has 0 bridgehead atoms. The maximum absolute atomic E-state index is 11.5. The van der Waals surface area contributed by atoms with Crippen molar-refractivity contribution in [3.05, 3.63) is 30.3 Å². The number of benzene rings is 1. The van der Waals surface area contributed by atoms with Gasteiger partial charge in [-0.15, -0.1) is 0 Å². The lowest BCUT2D eigenvalue weighted by molar-refractivity contribution is -0.122. The Morgan fingerprint density at radius 2 is 1.92 bits per heavy atom. The molecule has 1 rings (SSSR count). The average Bonchev–Trinajstić information content (AvgIpc) is 2.52. The molecular weight excluding hydrogens is 350 g/mol. The van der Waals surface area contributed by atoms with E-state index in [4.69, 9.17) is 9.63 Å². The Kier molecular flexibility index (Phi) is 12.9. The van der Waals surface area contributed by atoms with Crippen LogP contribution in [0.15, 0.2) is 30.3 Å². The fourth-order valence-corrected chi connectivity index (χ4v) is 2.77. The van der Waals surface area contributed by atoms with E-state index in [0.717, 1.165) is 6.42 Å². The van der Waals surface area contributed by atoms with E-state index in [9.17, 15) is 13.9 Å². The van der Waals surface area contributed by atoms with Gasteiger partial charge in [-0.25, -0.2) is 0 Å². The standard InChI is InChI=1S/C11H15O4P.C5H13O2P/c1-9(11(12)8-16(2,13)14)15-10-6-4-3-5-7-10;1-2-3-4-5-7-8-6/h3-7,9H,8H2,1-2H3,(H,13,14);2-5,8H2,1H3. The number of Topliss-reactive ketones (excluding diaryl/α,β-unsaturated/α-hetero) is 1. The summed E-state index contributed by atoms with van der Waals surface area (Å²) < 4.78 is 30.8. The van der Waals surface area contributed by atoms with E-state index in [0.29, 0.717) is 12.4 Å². The molecular formula is C16H28O6P2. The van der Waals surface area contributed by atoms with E-state index in [-0.39, 0.29) is 11.9 Å². The maximum atomic E-state index is 11.5. The molecule has 0 fully saturated rings. The Morgan fingerprint density at radius 3 is 2.42 bits per heavy atom. The van der Waals surface area contributed by atoms with Gasteiger partial charge in [0.2, 0.25) is 7.37 Å². The number of hydrogen-bond donors (Lipinski definition) is 1. The lowest BCUT2D eigenvalue weighted by atomic mass is 10.3.